The molecule has 45 heavy (non-hydrogen) atoms. The van der Waals surface area contributed by atoms with Crippen LogP contribution in [-0.4, -0.2) is 83.2 Å². The molecule has 2 aromatic carbocycles. The Kier molecular flexibility index (Phi) is 9.86. The highest BCUT2D eigenvalue weighted by atomic mass is 79.9. The Morgan fingerprint density at radius 2 is 1.80 bits per heavy atom. The van der Waals surface area contributed by atoms with Crippen LogP contribution >= 0.6 is 15.9 Å². The van der Waals surface area contributed by atoms with Gasteiger partial charge in [0, 0.05) is 42.4 Å². The summed E-state index contributed by atoms with van der Waals surface area (Å²) in [5.74, 6) is -1.86. The predicted octanol–water partition coefficient (Wildman–Crippen LogP) is 4.57. The standard InChI is InChI=1S/C35H42BrN3O6/c1-6-16-37(24-12-14-25(15-13-24)44-8-3)32(41)28-29-33(42)39(18-9-19-40)31(35(29)21-26(36)30(28)45-35)34(43)38(17-7-2)27-20-22(4)10-11-23(27)5/h6-7,10-15,20,26,28-31,40H,1-2,8-9,16-19,21H2,3-5H3/t26?,28-,29+,30-,31?,35?/m1/s1. The second-order valence-electron chi connectivity index (χ2n) is 12.0. The van der Waals surface area contributed by atoms with E-state index in [2.05, 4.69) is 29.1 Å². The fourth-order valence-electron chi connectivity index (χ4n) is 7.29. The molecule has 2 bridgehead atoms. The van der Waals surface area contributed by atoms with Gasteiger partial charge in [-0.1, -0.05) is 40.2 Å². The molecule has 3 fully saturated rings. The van der Waals surface area contributed by atoms with Gasteiger partial charge in [-0.3, -0.25) is 14.4 Å². The molecule has 0 aliphatic carbocycles. The molecule has 3 aliphatic rings. The zero-order valence-corrected chi connectivity index (χ0v) is 27.7. The van der Waals surface area contributed by atoms with Crippen molar-refractivity contribution >= 4 is 45.0 Å². The quantitative estimate of drug-likeness (QED) is 0.246. The number of carbonyl (C=O) groups is 3. The number of benzene rings is 2. The molecule has 3 unspecified atom stereocenters. The first-order valence-electron chi connectivity index (χ1n) is 15.5. The summed E-state index contributed by atoms with van der Waals surface area (Å²) in [6.45, 7) is 14.6. The molecule has 2 aromatic rings. The SMILES string of the molecule is C=CCN(C(=O)[C@H]1[C@@H]2OC3(CC2Br)C(C(=O)N(CC=C)c2cc(C)ccc2C)N(CCCO)C(=O)[C@H]13)c1ccc(OCC)cc1. The highest BCUT2D eigenvalue weighted by molar-refractivity contribution is 9.09. The van der Waals surface area contributed by atoms with Crippen LogP contribution in [0.2, 0.25) is 0 Å². The number of nitrogens with zero attached hydrogens (tertiary/aromatic N) is 3. The van der Waals surface area contributed by atoms with Crippen LogP contribution in [0.3, 0.4) is 0 Å². The molecule has 5 rings (SSSR count). The van der Waals surface area contributed by atoms with Crippen molar-refractivity contribution in [1.82, 2.24) is 4.90 Å². The van der Waals surface area contributed by atoms with Crippen LogP contribution in [0, 0.1) is 25.7 Å². The summed E-state index contributed by atoms with van der Waals surface area (Å²) in [5, 5.41) is 9.74. The van der Waals surface area contributed by atoms with Crippen molar-refractivity contribution < 1.29 is 29.0 Å². The molecule has 0 saturated carbocycles. The van der Waals surface area contributed by atoms with Gasteiger partial charge < -0.3 is 29.3 Å². The van der Waals surface area contributed by atoms with Gasteiger partial charge in [-0.2, -0.15) is 0 Å². The number of carbonyl (C=O) groups excluding carboxylic acids is 3. The number of amides is 3. The van der Waals surface area contributed by atoms with Crippen LogP contribution in [-0.2, 0) is 19.1 Å². The first kappa shape index (κ1) is 32.9. The maximum atomic E-state index is 14.8. The van der Waals surface area contributed by atoms with Crippen LogP contribution in [0.15, 0.2) is 67.8 Å². The second kappa shape index (κ2) is 13.5. The molecule has 3 aliphatic heterocycles. The third kappa shape index (κ3) is 5.72. The Balaban J connectivity index is 1.57. The van der Waals surface area contributed by atoms with Gasteiger partial charge in [0.15, 0.2) is 0 Å². The van der Waals surface area contributed by atoms with Crippen LogP contribution in [0.25, 0.3) is 0 Å². The molecule has 0 aromatic heterocycles. The van der Waals surface area contributed by atoms with Crippen molar-refractivity contribution in [2.24, 2.45) is 11.8 Å². The second-order valence-corrected chi connectivity index (χ2v) is 13.1. The Bertz CT molecular complexity index is 1460. The van der Waals surface area contributed by atoms with Gasteiger partial charge in [-0.25, -0.2) is 0 Å². The number of hydrogen-bond acceptors (Lipinski definition) is 6. The number of aliphatic hydroxyl groups is 1. The minimum Gasteiger partial charge on any atom is -0.494 e. The number of aliphatic hydroxyl groups excluding tert-OH is 1. The third-order valence-corrected chi connectivity index (χ3v) is 9.98. The topological polar surface area (TPSA) is 99.6 Å². The molecule has 1 N–H and O–H groups in total. The Morgan fingerprint density at radius 1 is 1.11 bits per heavy atom. The lowest BCUT2D eigenvalue weighted by atomic mass is 9.70. The molecular formula is C35H42BrN3O6. The zero-order valence-electron chi connectivity index (χ0n) is 26.2. The molecule has 0 radical (unpaired) electrons. The number of fused-ring (bicyclic) bond motifs is 1. The van der Waals surface area contributed by atoms with Crippen molar-refractivity contribution in [3.05, 3.63) is 78.9 Å². The van der Waals surface area contributed by atoms with Gasteiger partial charge in [0.05, 0.1) is 24.5 Å². The van der Waals surface area contributed by atoms with Gasteiger partial charge in [0.25, 0.3) is 5.91 Å². The van der Waals surface area contributed by atoms with Gasteiger partial charge in [-0.05, 0) is 75.1 Å². The van der Waals surface area contributed by atoms with E-state index in [0.29, 0.717) is 24.5 Å². The largest absolute Gasteiger partial charge is 0.494 e. The average Bonchev–Trinajstić information content (AvgIpc) is 3.62. The third-order valence-electron chi connectivity index (χ3n) is 9.14. The van der Waals surface area contributed by atoms with Crippen molar-refractivity contribution in [3.8, 4) is 5.75 Å². The predicted molar refractivity (Wildman–Crippen MR) is 178 cm³/mol. The molecule has 1 spiro atoms. The number of alkyl halides is 1. The number of likely N-dealkylation sites (tertiary alicyclic amines) is 1. The number of halogens is 1. The highest BCUT2D eigenvalue weighted by Gasteiger charge is 2.77. The number of anilines is 2. The maximum Gasteiger partial charge on any atom is 0.253 e. The normalized spacial score (nSPS) is 26.5. The fraction of sp³-hybridized carbons (Fsp3) is 0.457. The molecule has 3 amide bonds. The summed E-state index contributed by atoms with van der Waals surface area (Å²) in [6, 6.07) is 12.2. The van der Waals surface area contributed by atoms with Crippen molar-refractivity contribution in [2.45, 2.75) is 56.2 Å². The van der Waals surface area contributed by atoms with Crippen LogP contribution in [0.4, 0.5) is 11.4 Å². The summed E-state index contributed by atoms with van der Waals surface area (Å²) in [5.41, 5.74) is 2.06. The first-order chi connectivity index (χ1) is 21.6. The van der Waals surface area contributed by atoms with E-state index in [9.17, 15) is 19.5 Å². The average molecular weight is 681 g/mol. The van der Waals surface area contributed by atoms with Crippen molar-refractivity contribution in [2.75, 3.05) is 42.6 Å². The first-order valence-corrected chi connectivity index (χ1v) is 16.4. The van der Waals surface area contributed by atoms with Gasteiger partial charge in [0.1, 0.15) is 17.4 Å². The molecule has 3 heterocycles. The van der Waals surface area contributed by atoms with E-state index < -0.39 is 29.6 Å². The summed E-state index contributed by atoms with van der Waals surface area (Å²) in [7, 11) is 0. The number of rotatable bonds is 13. The van der Waals surface area contributed by atoms with Gasteiger partial charge in [-0.15, -0.1) is 13.2 Å². The van der Waals surface area contributed by atoms with Crippen LogP contribution < -0.4 is 14.5 Å². The van der Waals surface area contributed by atoms with E-state index >= 15 is 0 Å². The fourth-order valence-corrected chi connectivity index (χ4v) is 8.23. The highest BCUT2D eigenvalue weighted by Crippen LogP contribution is 2.60. The molecule has 3 saturated heterocycles. The van der Waals surface area contributed by atoms with E-state index in [1.165, 1.54) is 0 Å². The summed E-state index contributed by atoms with van der Waals surface area (Å²) < 4.78 is 12.3. The smallest absolute Gasteiger partial charge is 0.253 e. The Morgan fingerprint density at radius 3 is 2.44 bits per heavy atom. The molecule has 6 atom stereocenters. The monoisotopic (exact) mass is 679 g/mol. The molecule has 9 nitrogen and oxygen atoms in total. The minimum absolute atomic E-state index is 0.145. The van der Waals surface area contributed by atoms with Crippen LogP contribution in [0.5, 0.6) is 5.75 Å². The summed E-state index contributed by atoms with van der Waals surface area (Å²) in [4.78, 5) is 48.3. The summed E-state index contributed by atoms with van der Waals surface area (Å²) >= 11 is 3.77. The Hall–Kier alpha value is -3.47. The molecule has 10 heteroatoms. The number of aryl methyl sites for hydroxylation is 2. The number of ether oxygens (including phenoxy) is 2. The lowest BCUT2D eigenvalue weighted by Crippen LogP contribution is -2.57. The minimum atomic E-state index is -1.22. The zero-order chi connectivity index (χ0) is 32.5. The Labute approximate surface area is 273 Å². The lowest BCUT2D eigenvalue weighted by Gasteiger charge is -2.37. The maximum absolute atomic E-state index is 14.8. The molecule has 240 valence electrons. The van der Waals surface area contributed by atoms with E-state index in [-0.39, 0.29) is 55.2 Å². The van der Waals surface area contributed by atoms with Crippen LogP contribution in [0.1, 0.15) is 30.9 Å². The van der Waals surface area contributed by atoms with Crippen molar-refractivity contribution in [3.63, 3.8) is 0 Å². The van der Waals surface area contributed by atoms with E-state index in [0.717, 1.165) is 16.8 Å². The van der Waals surface area contributed by atoms with E-state index in [1.54, 1.807) is 26.9 Å². The van der Waals surface area contributed by atoms with E-state index in [4.69, 9.17) is 9.47 Å². The van der Waals surface area contributed by atoms with Gasteiger partial charge in [0.2, 0.25) is 11.8 Å². The van der Waals surface area contributed by atoms with Crippen molar-refractivity contribution in [1.29, 1.82) is 0 Å². The van der Waals surface area contributed by atoms with E-state index in [1.807, 2.05) is 63.2 Å². The summed E-state index contributed by atoms with van der Waals surface area (Å²) in [6.07, 6.45) is 3.39. The lowest BCUT2D eigenvalue weighted by molar-refractivity contribution is -0.140. The number of hydrogen-bond donors (Lipinski definition) is 1. The van der Waals surface area contributed by atoms with Gasteiger partial charge >= 0.3 is 0 Å². The molecular weight excluding hydrogens is 638 g/mol.